The molecule has 2 heterocycles. The van der Waals surface area contributed by atoms with E-state index >= 15 is 0 Å². The topological polar surface area (TPSA) is 196 Å². The first-order valence-corrected chi connectivity index (χ1v) is 15.2. The summed E-state index contributed by atoms with van der Waals surface area (Å²) in [6.07, 6.45) is -4.37. The average Bonchev–Trinajstić information content (AvgIpc) is 3.34. The highest BCUT2D eigenvalue weighted by molar-refractivity contribution is 5.88. The molecule has 1 aromatic rings. The second-order valence-electron chi connectivity index (χ2n) is 11.7. The largest absolute Gasteiger partial charge is 0.478 e. The van der Waals surface area contributed by atoms with Crippen LogP contribution in [0.5, 0.6) is 0 Å². The molecule has 0 aromatic heterocycles. The van der Waals surface area contributed by atoms with E-state index in [4.69, 9.17) is 37.9 Å². The molecule has 0 bridgehead atoms. The molecule has 1 saturated carbocycles. The lowest BCUT2D eigenvalue weighted by Crippen LogP contribution is -2.64. The molecule has 1 aliphatic carbocycles. The zero-order valence-electron chi connectivity index (χ0n) is 27.0. The van der Waals surface area contributed by atoms with Crippen molar-refractivity contribution >= 4 is 41.9 Å². The summed E-state index contributed by atoms with van der Waals surface area (Å²) in [6, 6.07) is 9.05. The van der Waals surface area contributed by atoms with Crippen LogP contribution in [0.3, 0.4) is 0 Å². The maximum atomic E-state index is 13.0. The fourth-order valence-electron chi connectivity index (χ4n) is 6.22. The van der Waals surface area contributed by atoms with E-state index < -0.39 is 96.9 Å². The Hall–Kier alpha value is -4.76. The van der Waals surface area contributed by atoms with E-state index in [-0.39, 0.29) is 18.4 Å². The van der Waals surface area contributed by atoms with Crippen LogP contribution < -0.4 is 0 Å². The van der Waals surface area contributed by atoms with Crippen molar-refractivity contribution in [1.29, 1.82) is 0 Å². The zero-order valence-corrected chi connectivity index (χ0v) is 27.0. The van der Waals surface area contributed by atoms with Gasteiger partial charge in [-0.05, 0) is 31.4 Å². The summed E-state index contributed by atoms with van der Waals surface area (Å²) < 4.78 is 45.5. The molecule has 1 N–H and O–H groups in total. The molecule has 260 valence electrons. The Balaban J connectivity index is 1.69. The van der Waals surface area contributed by atoms with Crippen LogP contribution in [0.1, 0.15) is 53.0 Å². The van der Waals surface area contributed by atoms with E-state index in [0.29, 0.717) is 0 Å². The standard InChI is InChI=1S/C33H38O15/c1-17(34)41-16-24-27(43-18(2)35)28(44-19(3)36)29(45-20(4)37)32(46-24)47-31-26-22(23(15-42-31)30(39)40)13-14-33(26,5)48-25(38)12-11-21-9-7-6-8-10-21/h6-12,15,22,24,26-29,31-32H,13-14,16H2,1-5H3,(H,39,40)/t22-,24-,26-,27-,28+,29-,31-,32+,33+/m1/s1. The van der Waals surface area contributed by atoms with E-state index in [1.165, 1.54) is 6.08 Å². The Bertz CT molecular complexity index is 1450. The second kappa shape index (κ2) is 15.4. The van der Waals surface area contributed by atoms with Crippen molar-refractivity contribution in [3.05, 3.63) is 53.8 Å². The highest BCUT2D eigenvalue weighted by Gasteiger charge is 2.59. The minimum absolute atomic E-state index is 0.0685. The number of esters is 5. The fraction of sp³-hybridized carbons (Fsp3) is 0.515. The summed E-state index contributed by atoms with van der Waals surface area (Å²) in [5, 5.41) is 9.93. The summed E-state index contributed by atoms with van der Waals surface area (Å²) in [6.45, 7) is 5.54. The number of carbonyl (C=O) groups is 6. The number of benzene rings is 1. The molecule has 1 aromatic carbocycles. The maximum absolute atomic E-state index is 13.0. The third-order valence-electron chi connectivity index (χ3n) is 8.12. The monoisotopic (exact) mass is 674 g/mol. The van der Waals surface area contributed by atoms with Crippen LogP contribution >= 0.6 is 0 Å². The van der Waals surface area contributed by atoms with Gasteiger partial charge in [0.1, 0.15) is 18.3 Å². The number of carboxylic acid groups (broad SMARTS) is 1. The second-order valence-corrected chi connectivity index (χ2v) is 11.7. The smallest absolute Gasteiger partial charge is 0.334 e. The molecule has 48 heavy (non-hydrogen) atoms. The van der Waals surface area contributed by atoms with Crippen LogP contribution in [0.4, 0.5) is 0 Å². The highest BCUT2D eigenvalue weighted by Crippen LogP contribution is 2.51. The number of hydrogen-bond donors (Lipinski definition) is 1. The molecule has 9 atom stereocenters. The number of aliphatic carboxylic acids is 1. The number of ether oxygens (including phenoxy) is 8. The summed E-state index contributed by atoms with van der Waals surface area (Å²) in [5.74, 6) is -6.73. The van der Waals surface area contributed by atoms with Crippen molar-refractivity contribution in [1.82, 2.24) is 0 Å². The Morgan fingerprint density at radius 2 is 1.50 bits per heavy atom. The molecule has 15 heteroatoms. The van der Waals surface area contributed by atoms with Crippen LogP contribution in [0.15, 0.2) is 48.2 Å². The van der Waals surface area contributed by atoms with Gasteiger partial charge in [-0.25, -0.2) is 9.59 Å². The van der Waals surface area contributed by atoms with Gasteiger partial charge in [-0.1, -0.05) is 30.3 Å². The number of fused-ring (bicyclic) bond motifs is 1. The summed E-state index contributed by atoms with van der Waals surface area (Å²) >= 11 is 0. The van der Waals surface area contributed by atoms with E-state index in [1.54, 1.807) is 25.1 Å². The highest BCUT2D eigenvalue weighted by atomic mass is 16.8. The van der Waals surface area contributed by atoms with Crippen molar-refractivity contribution in [3.8, 4) is 0 Å². The van der Waals surface area contributed by atoms with E-state index in [0.717, 1.165) is 39.5 Å². The molecular formula is C33H38O15. The quantitative estimate of drug-likeness (QED) is 0.204. The molecule has 0 radical (unpaired) electrons. The summed E-state index contributed by atoms with van der Waals surface area (Å²) in [5.41, 5.74) is -0.632. The van der Waals surface area contributed by atoms with Gasteiger partial charge in [0, 0.05) is 39.7 Å². The van der Waals surface area contributed by atoms with Gasteiger partial charge in [0.15, 0.2) is 18.3 Å². The number of hydrogen-bond acceptors (Lipinski definition) is 14. The van der Waals surface area contributed by atoms with E-state index in [1.807, 2.05) is 18.2 Å². The minimum atomic E-state index is -1.62. The van der Waals surface area contributed by atoms with Crippen LogP contribution in [0.25, 0.3) is 6.08 Å². The van der Waals surface area contributed by atoms with Gasteiger partial charge in [-0.3, -0.25) is 19.2 Å². The predicted molar refractivity (Wildman–Crippen MR) is 160 cm³/mol. The third-order valence-corrected chi connectivity index (χ3v) is 8.12. The van der Waals surface area contributed by atoms with Gasteiger partial charge in [-0.15, -0.1) is 0 Å². The van der Waals surface area contributed by atoms with E-state index in [2.05, 4.69) is 0 Å². The lowest BCUT2D eigenvalue weighted by molar-refractivity contribution is -0.348. The van der Waals surface area contributed by atoms with Crippen LogP contribution in [0.2, 0.25) is 0 Å². The van der Waals surface area contributed by atoms with Crippen molar-refractivity contribution < 1.29 is 71.8 Å². The number of carboxylic acids is 1. The molecule has 0 amide bonds. The van der Waals surface area contributed by atoms with Crippen molar-refractivity contribution in [2.45, 2.75) is 90.1 Å². The first-order valence-electron chi connectivity index (χ1n) is 15.2. The third kappa shape index (κ3) is 8.77. The first kappa shape index (κ1) is 36.1. The first-order chi connectivity index (χ1) is 22.7. The summed E-state index contributed by atoms with van der Waals surface area (Å²) in [4.78, 5) is 73.5. The predicted octanol–water partition coefficient (Wildman–Crippen LogP) is 2.45. The maximum Gasteiger partial charge on any atom is 0.334 e. The Labute approximate surface area is 276 Å². The molecule has 15 nitrogen and oxygen atoms in total. The van der Waals surface area contributed by atoms with Crippen molar-refractivity contribution in [2.75, 3.05) is 6.61 Å². The lowest BCUT2D eigenvalue weighted by atomic mass is 9.81. The van der Waals surface area contributed by atoms with Gasteiger partial charge in [0.05, 0.1) is 17.8 Å². The molecule has 0 spiro atoms. The van der Waals surface area contributed by atoms with Crippen LogP contribution in [-0.4, -0.2) is 90.1 Å². The average molecular weight is 675 g/mol. The van der Waals surface area contributed by atoms with Gasteiger partial charge in [0.25, 0.3) is 0 Å². The Morgan fingerprint density at radius 1 is 0.875 bits per heavy atom. The molecule has 0 unspecified atom stereocenters. The lowest BCUT2D eigenvalue weighted by Gasteiger charge is -2.46. The Morgan fingerprint density at radius 3 is 2.10 bits per heavy atom. The van der Waals surface area contributed by atoms with Crippen LogP contribution in [0, 0.1) is 11.8 Å². The molecule has 2 fully saturated rings. The van der Waals surface area contributed by atoms with Gasteiger partial charge >= 0.3 is 35.8 Å². The van der Waals surface area contributed by atoms with Crippen molar-refractivity contribution in [2.24, 2.45) is 11.8 Å². The van der Waals surface area contributed by atoms with Crippen molar-refractivity contribution in [3.63, 3.8) is 0 Å². The van der Waals surface area contributed by atoms with Gasteiger partial charge in [0.2, 0.25) is 12.6 Å². The fourth-order valence-corrected chi connectivity index (χ4v) is 6.22. The van der Waals surface area contributed by atoms with E-state index in [9.17, 15) is 33.9 Å². The normalized spacial score (nSPS) is 31.0. The zero-order chi connectivity index (χ0) is 35.2. The molecule has 3 aliphatic rings. The van der Waals surface area contributed by atoms with Crippen LogP contribution in [-0.2, 0) is 66.7 Å². The minimum Gasteiger partial charge on any atom is -0.478 e. The number of carbonyl (C=O) groups excluding carboxylic acids is 5. The number of rotatable bonds is 11. The molecule has 2 aliphatic heterocycles. The molecular weight excluding hydrogens is 636 g/mol. The van der Waals surface area contributed by atoms with Gasteiger partial charge in [-0.2, -0.15) is 0 Å². The van der Waals surface area contributed by atoms with Gasteiger partial charge < -0.3 is 43.0 Å². The summed E-state index contributed by atoms with van der Waals surface area (Å²) in [7, 11) is 0. The Kier molecular flexibility index (Phi) is 11.6. The molecule has 4 rings (SSSR count). The molecule has 1 saturated heterocycles. The SMILES string of the molecule is CC(=O)OC[C@H]1O[C@@H](O[C@H]2OC=C(C(=O)O)[C@H]3CC[C@](C)(OC(=O)C=Cc4ccccc4)[C@@H]23)[C@H](OC(C)=O)[C@@H](OC(C)=O)[C@@H]1OC(C)=O.